The van der Waals surface area contributed by atoms with Crippen LogP contribution in [0.2, 0.25) is 0 Å². The number of amides is 2. The molecule has 0 aliphatic rings. The minimum atomic E-state index is -3.80. The number of rotatable bonds is 7. The maximum atomic E-state index is 13.9. The van der Waals surface area contributed by atoms with E-state index in [-0.39, 0.29) is 4.90 Å². The molecule has 0 fully saturated rings. The molecule has 0 bridgehead atoms. The largest absolute Gasteiger partial charge is 0.354 e. The van der Waals surface area contributed by atoms with Crippen molar-refractivity contribution in [2.24, 2.45) is 0 Å². The van der Waals surface area contributed by atoms with Crippen LogP contribution in [0.5, 0.6) is 0 Å². The first-order valence-electron chi connectivity index (χ1n) is 7.42. The zero-order valence-electron chi connectivity index (χ0n) is 14.1. The molecule has 0 saturated heterocycles. The molecule has 0 radical (unpaired) electrons. The first-order chi connectivity index (χ1) is 11.1. The van der Waals surface area contributed by atoms with E-state index in [4.69, 9.17) is 0 Å². The van der Waals surface area contributed by atoms with Gasteiger partial charge in [0.15, 0.2) is 0 Å². The van der Waals surface area contributed by atoms with Crippen molar-refractivity contribution in [1.82, 2.24) is 14.9 Å². The molecule has 0 aromatic heterocycles. The van der Waals surface area contributed by atoms with E-state index >= 15 is 0 Å². The summed E-state index contributed by atoms with van der Waals surface area (Å²) in [5.41, 5.74) is -0.437. The highest BCUT2D eigenvalue weighted by Gasteiger charge is 2.23. The maximum Gasteiger partial charge on any atom is 0.254 e. The second-order valence-electron chi connectivity index (χ2n) is 5.42. The van der Waals surface area contributed by atoms with Gasteiger partial charge in [-0.3, -0.25) is 9.59 Å². The van der Waals surface area contributed by atoms with E-state index in [2.05, 4.69) is 10.6 Å². The van der Waals surface area contributed by atoms with Crippen molar-refractivity contribution in [3.63, 3.8) is 0 Å². The Kier molecular flexibility index (Phi) is 6.85. The zero-order valence-corrected chi connectivity index (χ0v) is 14.9. The number of carbonyl (C=O) groups is 2. The Morgan fingerprint density at radius 3 is 2.46 bits per heavy atom. The summed E-state index contributed by atoms with van der Waals surface area (Å²) in [6.45, 7) is 3.81. The van der Waals surface area contributed by atoms with Gasteiger partial charge in [-0.15, -0.1) is 0 Å². The van der Waals surface area contributed by atoms with Crippen molar-refractivity contribution < 1.29 is 22.4 Å². The number of hydrogen-bond donors (Lipinski definition) is 2. The molecule has 2 N–H and O–H groups in total. The van der Waals surface area contributed by atoms with E-state index in [1.165, 1.54) is 21.0 Å². The maximum absolute atomic E-state index is 13.9. The molecule has 0 heterocycles. The summed E-state index contributed by atoms with van der Waals surface area (Å²) in [7, 11) is -1.14. The fourth-order valence-corrected chi connectivity index (χ4v) is 2.72. The quantitative estimate of drug-likeness (QED) is 0.750. The molecule has 0 aliphatic heterocycles. The fourth-order valence-electron chi connectivity index (χ4n) is 1.79. The summed E-state index contributed by atoms with van der Waals surface area (Å²) in [5.74, 6) is -2.13. The lowest BCUT2D eigenvalue weighted by Gasteiger charge is -2.15. The molecule has 0 unspecified atom stereocenters. The van der Waals surface area contributed by atoms with Crippen LogP contribution in [0.1, 0.15) is 30.6 Å². The van der Waals surface area contributed by atoms with Gasteiger partial charge >= 0.3 is 0 Å². The van der Waals surface area contributed by atoms with Crippen LogP contribution >= 0.6 is 0 Å². The van der Waals surface area contributed by atoms with Gasteiger partial charge in [0.05, 0.1) is 10.5 Å². The van der Waals surface area contributed by atoms with Crippen molar-refractivity contribution in [3.8, 4) is 0 Å². The number of benzene rings is 1. The topological polar surface area (TPSA) is 95.6 Å². The molecule has 24 heavy (non-hydrogen) atoms. The third-order valence-corrected chi connectivity index (χ3v) is 5.06. The zero-order chi connectivity index (χ0) is 18.5. The van der Waals surface area contributed by atoms with Gasteiger partial charge in [0.25, 0.3) is 5.91 Å². The van der Waals surface area contributed by atoms with Crippen molar-refractivity contribution in [1.29, 1.82) is 0 Å². The lowest BCUT2D eigenvalue weighted by atomic mass is 10.2. The summed E-state index contributed by atoms with van der Waals surface area (Å²) < 4.78 is 39.0. The average Bonchev–Trinajstić information content (AvgIpc) is 2.52. The molecule has 9 heteroatoms. The van der Waals surface area contributed by atoms with E-state index < -0.39 is 39.3 Å². The van der Waals surface area contributed by atoms with Crippen molar-refractivity contribution in [3.05, 3.63) is 29.6 Å². The van der Waals surface area contributed by atoms with Gasteiger partial charge in [-0.25, -0.2) is 17.1 Å². The van der Waals surface area contributed by atoms with Gasteiger partial charge in [-0.2, -0.15) is 0 Å². The lowest BCUT2D eigenvalue weighted by Crippen LogP contribution is -2.45. The monoisotopic (exact) mass is 359 g/mol. The second-order valence-corrected chi connectivity index (χ2v) is 7.57. The smallest absolute Gasteiger partial charge is 0.254 e. The predicted octanol–water partition coefficient (Wildman–Crippen LogP) is 0.720. The van der Waals surface area contributed by atoms with E-state index in [9.17, 15) is 22.4 Å². The molecule has 0 aliphatic carbocycles. The van der Waals surface area contributed by atoms with Gasteiger partial charge in [-0.05, 0) is 31.5 Å². The third-order valence-electron chi connectivity index (χ3n) is 3.25. The Morgan fingerprint density at radius 2 is 1.92 bits per heavy atom. The number of sulfonamides is 1. The molecular formula is C15H22FN3O4S. The number of halogens is 1. The molecule has 1 rings (SSSR count). The minimum absolute atomic E-state index is 0.206. The average molecular weight is 359 g/mol. The van der Waals surface area contributed by atoms with Gasteiger partial charge in [-0.1, -0.05) is 6.92 Å². The first kappa shape index (κ1) is 20.0. The van der Waals surface area contributed by atoms with Gasteiger partial charge in [0, 0.05) is 20.6 Å². The van der Waals surface area contributed by atoms with Gasteiger partial charge in [0.1, 0.15) is 11.9 Å². The number of nitrogens with one attached hydrogen (secondary N) is 2. The summed E-state index contributed by atoms with van der Waals surface area (Å²) in [6.07, 6.45) is 0.742. The highest BCUT2D eigenvalue weighted by molar-refractivity contribution is 7.89. The van der Waals surface area contributed by atoms with Crippen LogP contribution in [0.3, 0.4) is 0 Å². The Morgan fingerprint density at radius 1 is 1.29 bits per heavy atom. The van der Waals surface area contributed by atoms with Crippen LogP contribution in [0.15, 0.2) is 23.1 Å². The third kappa shape index (κ3) is 4.75. The van der Waals surface area contributed by atoms with E-state index in [0.717, 1.165) is 28.9 Å². The van der Waals surface area contributed by atoms with E-state index in [0.29, 0.717) is 6.54 Å². The number of hydrogen-bond acceptors (Lipinski definition) is 4. The SMILES string of the molecule is CCCNC(=O)[C@H](C)NC(=O)c1cc(S(=O)(=O)N(C)C)ccc1F. The molecule has 1 atom stereocenters. The predicted molar refractivity (Wildman–Crippen MR) is 87.5 cm³/mol. The molecule has 134 valence electrons. The Balaban J connectivity index is 3.01. The van der Waals surface area contributed by atoms with Crippen LogP contribution in [-0.4, -0.2) is 51.2 Å². The standard InChI is InChI=1S/C15H22FN3O4S/c1-5-8-17-14(20)10(2)18-15(21)12-9-11(6-7-13(12)16)24(22,23)19(3)4/h6-7,9-10H,5,8H2,1-4H3,(H,17,20)(H,18,21)/t10-/m0/s1. The van der Waals surface area contributed by atoms with Gasteiger partial charge < -0.3 is 10.6 Å². The summed E-state index contributed by atoms with van der Waals surface area (Å²) >= 11 is 0. The highest BCUT2D eigenvalue weighted by Crippen LogP contribution is 2.17. The Labute approximate surface area is 141 Å². The van der Waals surface area contributed by atoms with Crippen molar-refractivity contribution in [2.75, 3.05) is 20.6 Å². The van der Waals surface area contributed by atoms with Crippen LogP contribution in [0.25, 0.3) is 0 Å². The van der Waals surface area contributed by atoms with E-state index in [1.807, 2.05) is 6.92 Å². The second kappa shape index (κ2) is 8.20. The first-order valence-corrected chi connectivity index (χ1v) is 8.86. The van der Waals surface area contributed by atoms with Crippen molar-refractivity contribution in [2.45, 2.75) is 31.2 Å². The van der Waals surface area contributed by atoms with Crippen LogP contribution in [0, 0.1) is 5.82 Å². The Hall–Kier alpha value is -2.00. The fraction of sp³-hybridized carbons (Fsp3) is 0.467. The Bertz CT molecular complexity index is 719. The molecule has 1 aromatic rings. The van der Waals surface area contributed by atoms with E-state index in [1.54, 1.807) is 0 Å². The van der Waals surface area contributed by atoms with Crippen LogP contribution in [-0.2, 0) is 14.8 Å². The highest BCUT2D eigenvalue weighted by atomic mass is 32.2. The molecule has 2 amide bonds. The van der Waals surface area contributed by atoms with Crippen LogP contribution in [0.4, 0.5) is 4.39 Å². The number of nitrogens with zero attached hydrogens (tertiary/aromatic N) is 1. The molecule has 0 saturated carbocycles. The lowest BCUT2D eigenvalue weighted by molar-refractivity contribution is -0.122. The molecular weight excluding hydrogens is 337 g/mol. The molecule has 1 aromatic carbocycles. The number of carbonyl (C=O) groups excluding carboxylic acids is 2. The van der Waals surface area contributed by atoms with Crippen LogP contribution < -0.4 is 10.6 Å². The molecule has 7 nitrogen and oxygen atoms in total. The summed E-state index contributed by atoms with van der Waals surface area (Å²) in [5, 5.41) is 4.96. The normalized spacial score (nSPS) is 12.8. The minimum Gasteiger partial charge on any atom is -0.354 e. The summed E-state index contributed by atoms with van der Waals surface area (Å²) in [6, 6.07) is 2.07. The summed E-state index contributed by atoms with van der Waals surface area (Å²) in [4.78, 5) is 23.7. The van der Waals surface area contributed by atoms with Gasteiger partial charge in [0.2, 0.25) is 15.9 Å². The van der Waals surface area contributed by atoms with Crippen molar-refractivity contribution >= 4 is 21.8 Å². The molecule has 0 spiro atoms.